The average Bonchev–Trinajstić information content (AvgIpc) is 3.18. The number of aliphatic hydroxyl groups excluding tert-OH is 4. The Bertz CT molecular complexity index is 831. The second kappa shape index (κ2) is 12.4. The number of carboxylic acid groups (broad SMARTS) is 1. The van der Waals surface area contributed by atoms with Crippen molar-refractivity contribution in [2.75, 3.05) is 19.1 Å². The van der Waals surface area contributed by atoms with Crippen LogP contribution in [-0.2, 0) is 24.1 Å². The van der Waals surface area contributed by atoms with Gasteiger partial charge in [0, 0.05) is 12.8 Å². The van der Waals surface area contributed by atoms with E-state index in [9.17, 15) is 38.4 Å². The molecule has 2 aliphatic rings. The van der Waals surface area contributed by atoms with Gasteiger partial charge in [-0.1, -0.05) is 0 Å². The Balaban J connectivity index is 0.000000355. The molecule has 0 aliphatic carbocycles. The standard InChI is InChI=1S/C11H19NO6S.C9H19NO5S/c1-11(2,3)18-10(15)12-6-7(19(4,16)17)5-8(12)9(13)14;1-3(11)4(10)8-6(13)5(12)7(14)9(15-8)16-2/h7-8H,5-6H2,1-4H3,(H,13,14);3-9,11-14H,10H2,1-2H3/t7-,8+;/m1./s1. The van der Waals surface area contributed by atoms with Crippen LogP contribution in [0.1, 0.15) is 34.1 Å². The highest BCUT2D eigenvalue weighted by Crippen LogP contribution is 2.29. The molecular formula is C20H38N2O11S2. The molecule has 206 valence electrons. The summed E-state index contributed by atoms with van der Waals surface area (Å²) in [5.74, 6) is -1.22. The molecule has 1 amide bonds. The molecule has 7 unspecified atom stereocenters. The molecule has 7 N–H and O–H groups in total. The topological polar surface area (TPSA) is 217 Å². The van der Waals surface area contributed by atoms with Gasteiger partial charge in [-0.25, -0.2) is 18.0 Å². The minimum absolute atomic E-state index is 0.104. The molecule has 0 spiro atoms. The van der Waals surface area contributed by atoms with Crippen LogP contribution in [0.3, 0.4) is 0 Å². The molecule has 13 nitrogen and oxygen atoms in total. The number of nitrogens with zero attached hydrogens (tertiary/aromatic N) is 1. The Labute approximate surface area is 209 Å². The molecule has 2 aliphatic heterocycles. The fourth-order valence-electron chi connectivity index (χ4n) is 3.53. The lowest BCUT2D eigenvalue weighted by Crippen LogP contribution is -2.63. The number of aliphatic carboxylic acids is 1. The van der Waals surface area contributed by atoms with E-state index in [-0.39, 0.29) is 13.0 Å². The zero-order chi connectivity index (χ0) is 27.5. The predicted molar refractivity (Wildman–Crippen MR) is 127 cm³/mol. The van der Waals surface area contributed by atoms with Gasteiger partial charge in [0.25, 0.3) is 0 Å². The maximum Gasteiger partial charge on any atom is 0.411 e. The van der Waals surface area contributed by atoms with Crippen LogP contribution in [0.25, 0.3) is 0 Å². The van der Waals surface area contributed by atoms with Crippen LogP contribution in [0.15, 0.2) is 0 Å². The Kier molecular flexibility index (Phi) is 11.2. The summed E-state index contributed by atoms with van der Waals surface area (Å²) >= 11 is 1.21. The van der Waals surface area contributed by atoms with Crippen LogP contribution in [0.4, 0.5) is 4.79 Å². The van der Waals surface area contributed by atoms with Crippen molar-refractivity contribution in [1.29, 1.82) is 0 Å². The number of carbonyl (C=O) groups is 2. The third-order valence-corrected chi connectivity index (χ3v) is 7.96. The monoisotopic (exact) mass is 546 g/mol. The minimum Gasteiger partial charge on any atom is -0.480 e. The number of nitrogens with two attached hydrogens (primary N) is 1. The number of aliphatic hydroxyl groups is 4. The number of carboxylic acids is 1. The Hall–Kier alpha value is -1.20. The summed E-state index contributed by atoms with van der Waals surface area (Å²) in [7, 11) is -3.39. The molecule has 2 fully saturated rings. The first-order chi connectivity index (χ1) is 15.8. The summed E-state index contributed by atoms with van der Waals surface area (Å²) < 4.78 is 33.4. The zero-order valence-electron chi connectivity index (χ0n) is 20.6. The van der Waals surface area contributed by atoms with Crippen molar-refractivity contribution in [1.82, 2.24) is 4.90 Å². The van der Waals surface area contributed by atoms with Crippen LogP contribution in [0.5, 0.6) is 0 Å². The summed E-state index contributed by atoms with van der Waals surface area (Å²) in [5.41, 5.74) is 4.25. The van der Waals surface area contributed by atoms with Crippen LogP contribution >= 0.6 is 11.8 Å². The average molecular weight is 547 g/mol. The van der Waals surface area contributed by atoms with Gasteiger partial charge in [-0.05, 0) is 40.4 Å². The molecule has 2 rings (SSSR count). The van der Waals surface area contributed by atoms with Gasteiger partial charge in [-0.3, -0.25) is 4.90 Å². The predicted octanol–water partition coefficient (Wildman–Crippen LogP) is -1.64. The van der Waals surface area contributed by atoms with Gasteiger partial charge in [0.1, 0.15) is 41.5 Å². The van der Waals surface area contributed by atoms with Crippen LogP contribution < -0.4 is 5.73 Å². The maximum atomic E-state index is 11.9. The molecule has 15 heteroatoms. The Morgan fingerprint density at radius 1 is 1.17 bits per heavy atom. The quantitative estimate of drug-likeness (QED) is 0.228. The van der Waals surface area contributed by atoms with E-state index < -0.39 is 80.8 Å². The number of likely N-dealkylation sites (tertiary alicyclic amines) is 1. The van der Waals surface area contributed by atoms with E-state index in [4.69, 9.17) is 20.3 Å². The lowest BCUT2D eigenvalue weighted by molar-refractivity contribution is -0.207. The summed E-state index contributed by atoms with van der Waals surface area (Å²) in [6, 6.07) is -1.97. The van der Waals surface area contributed by atoms with Crippen molar-refractivity contribution >= 4 is 33.7 Å². The third-order valence-electron chi connectivity index (χ3n) is 5.56. The van der Waals surface area contributed by atoms with Crippen molar-refractivity contribution in [3.8, 4) is 0 Å². The third kappa shape index (κ3) is 8.70. The smallest absolute Gasteiger partial charge is 0.411 e. The van der Waals surface area contributed by atoms with Gasteiger partial charge in [0.05, 0.1) is 17.4 Å². The van der Waals surface area contributed by atoms with Gasteiger partial charge < -0.3 is 40.7 Å². The highest BCUT2D eigenvalue weighted by Gasteiger charge is 2.47. The molecule has 0 radical (unpaired) electrons. The molecule has 2 heterocycles. The number of amides is 1. The second-order valence-corrected chi connectivity index (χ2v) is 12.9. The fourth-order valence-corrected chi connectivity index (χ4v) is 5.17. The van der Waals surface area contributed by atoms with Crippen molar-refractivity contribution in [3.63, 3.8) is 0 Å². The largest absolute Gasteiger partial charge is 0.480 e. The first-order valence-electron chi connectivity index (χ1n) is 10.9. The molecule has 2 saturated heterocycles. The summed E-state index contributed by atoms with van der Waals surface area (Å²) in [6.07, 6.45) is -3.70. The summed E-state index contributed by atoms with van der Waals surface area (Å²) in [5, 5.41) is 46.5. The van der Waals surface area contributed by atoms with Gasteiger partial charge in [0.2, 0.25) is 0 Å². The first kappa shape index (κ1) is 31.8. The summed E-state index contributed by atoms with van der Waals surface area (Å²) in [6.45, 7) is 6.30. The van der Waals surface area contributed by atoms with Gasteiger partial charge >= 0.3 is 12.1 Å². The fraction of sp³-hybridized carbons (Fsp3) is 0.900. The van der Waals surface area contributed by atoms with Crippen molar-refractivity contribution in [2.45, 2.75) is 93.0 Å². The molecular weight excluding hydrogens is 508 g/mol. The van der Waals surface area contributed by atoms with E-state index in [0.717, 1.165) is 11.2 Å². The SMILES string of the molecule is CC(C)(C)OC(=O)N1C[C@H](S(C)(=O)=O)C[C@H]1C(=O)O.CSC1OC(C(N)C(C)O)C(O)C(O)C1O. The molecule has 0 aromatic heterocycles. The van der Waals surface area contributed by atoms with Crippen molar-refractivity contribution in [3.05, 3.63) is 0 Å². The van der Waals surface area contributed by atoms with Crippen LogP contribution in [0, 0.1) is 0 Å². The molecule has 0 aromatic carbocycles. The number of hydrogen-bond donors (Lipinski definition) is 6. The summed E-state index contributed by atoms with van der Waals surface area (Å²) in [4.78, 5) is 24.0. The highest BCUT2D eigenvalue weighted by molar-refractivity contribution is 7.99. The number of sulfone groups is 1. The lowest BCUT2D eigenvalue weighted by Gasteiger charge is -2.42. The number of thioether (sulfide) groups is 1. The van der Waals surface area contributed by atoms with E-state index in [1.165, 1.54) is 18.7 Å². The molecule has 35 heavy (non-hydrogen) atoms. The van der Waals surface area contributed by atoms with Gasteiger partial charge in [-0.2, -0.15) is 0 Å². The van der Waals surface area contributed by atoms with Crippen LogP contribution in [0.2, 0.25) is 0 Å². The number of carbonyl (C=O) groups excluding carboxylic acids is 1. The minimum atomic E-state index is -3.39. The van der Waals surface area contributed by atoms with E-state index in [0.29, 0.717) is 0 Å². The van der Waals surface area contributed by atoms with E-state index in [2.05, 4.69) is 0 Å². The van der Waals surface area contributed by atoms with Crippen molar-refractivity contribution < 1.29 is 53.0 Å². The Morgan fingerprint density at radius 2 is 1.71 bits per heavy atom. The second-order valence-electron chi connectivity index (χ2n) is 9.67. The van der Waals surface area contributed by atoms with Crippen LogP contribution in [-0.4, -0.2) is 129 Å². The van der Waals surface area contributed by atoms with E-state index in [1.54, 1.807) is 27.0 Å². The van der Waals surface area contributed by atoms with E-state index in [1.807, 2.05) is 0 Å². The number of ether oxygens (including phenoxy) is 2. The molecule has 9 atom stereocenters. The van der Waals surface area contributed by atoms with Gasteiger partial charge in [-0.15, -0.1) is 11.8 Å². The maximum absolute atomic E-state index is 11.9. The number of rotatable bonds is 5. The Morgan fingerprint density at radius 3 is 2.11 bits per heavy atom. The lowest BCUT2D eigenvalue weighted by atomic mass is 9.93. The molecule has 0 bridgehead atoms. The molecule has 0 aromatic rings. The van der Waals surface area contributed by atoms with Crippen molar-refractivity contribution in [2.24, 2.45) is 5.73 Å². The number of hydrogen-bond acceptors (Lipinski definition) is 12. The highest BCUT2D eigenvalue weighted by atomic mass is 32.2. The zero-order valence-corrected chi connectivity index (χ0v) is 22.3. The first-order valence-corrected chi connectivity index (χ1v) is 14.1. The normalized spacial score (nSPS) is 33.3. The van der Waals surface area contributed by atoms with E-state index >= 15 is 0 Å². The molecule has 0 saturated carbocycles. The van der Waals surface area contributed by atoms with Gasteiger partial charge in [0.15, 0.2) is 9.84 Å².